The third-order valence-corrected chi connectivity index (χ3v) is 2.71. The van der Waals surface area contributed by atoms with Crippen molar-refractivity contribution >= 4 is 0 Å². The van der Waals surface area contributed by atoms with Crippen molar-refractivity contribution in [2.75, 3.05) is 14.2 Å². The van der Waals surface area contributed by atoms with Gasteiger partial charge in [0.1, 0.15) is 11.5 Å². The fraction of sp³-hybridized carbons (Fsp3) is 0.214. The number of hydrogen-bond donors (Lipinski definition) is 1. The summed E-state index contributed by atoms with van der Waals surface area (Å²) in [7, 11) is 3.22. The van der Waals surface area contributed by atoms with Gasteiger partial charge in [0.25, 0.3) is 0 Å². The molecule has 2 aromatic rings. The molecule has 2 rings (SSSR count). The number of aromatic nitrogens is 1. The number of aliphatic hydroxyl groups excluding tert-OH is 1. The molecule has 0 saturated carbocycles. The third kappa shape index (κ3) is 2.43. The molecule has 0 aliphatic carbocycles. The molecule has 0 radical (unpaired) electrons. The smallest absolute Gasteiger partial charge is 0.137 e. The molecular formula is C14H15NO3. The number of hydrogen-bond acceptors (Lipinski definition) is 4. The van der Waals surface area contributed by atoms with Crippen LogP contribution < -0.4 is 9.47 Å². The maximum atomic E-state index is 9.19. The third-order valence-electron chi connectivity index (χ3n) is 2.71. The normalized spacial score (nSPS) is 10.2. The van der Waals surface area contributed by atoms with Gasteiger partial charge in [-0.15, -0.1) is 0 Å². The highest BCUT2D eigenvalue weighted by Crippen LogP contribution is 2.32. The van der Waals surface area contributed by atoms with Gasteiger partial charge in [0, 0.05) is 17.3 Å². The first-order valence-electron chi connectivity index (χ1n) is 5.55. The molecule has 1 aromatic carbocycles. The van der Waals surface area contributed by atoms with E-state index < -0.39 is 0 Å². The topological polar surface area (TPSA) is 51.6 Å². The average Bonchev–Trinajstić information content (AvgIpc) is 2.46. The second-order valence-corrected chi connectivity index (χ2v) is 3.81. The summed E-state index contributed by atoms with van der Waals surface area (Å²) in [4.78, 5) is 4.12. The lowest BCUT2D eigenvalue weighted by atomic mass is 10.0. The van der Waals surface area contributed by atoms with E-state index in [0.29, 0.717) is 5.75 Å². The number of rotatable bonds is 4. The van der Waals surface area contributed by atoms with Crippen LogP contribution in [0.15, 0.2) is 36.7 Å². The molecule has 0 fully saturated rings. The minimum Gasteiger partial charge on any atom is -0.496 e. The molecule has 1 N–H and O–H groups in total. The molecule has 0 saturated heterocycles. The van der Waals surface area contributed by atoms with E-state index in [2.05, 4.69) is 4.98 Å². The second kappa shape index (κ2) is 5.51. The Hall–Kier alpha value is -2.07. The Kier molecular flexibility index (Phi) is 3.79. The van der Waals surface area contributed by atoms with Crippen LogP contribution in [-0.2, 0) is 6.61 Å². The monoisotopic (exact) mass is 245 g/mol. The molecule has 4 nitrogen and oxygen atoms in total. The van der Waals surface area contributed by atoms with Crippen molar-refractivity contribution in [2.24, 2.45) is 0 Å². The Morgan fingerprint density at radius 2 is 1.94 bits per heavy atom. The van der Waals surface area contributed by atoms with Gasteiger partial charge in [-0.2, -0.15) is 0 Å². The van der Waals surface area contributed by atoms with Gasteiger partial charge in [-0.3, -0.25) is 4.98 Å². The number of pyridine rings is 1. The van der Waals surface area contributed by atoms with Crippen LogP contribution in [0.3, 0.4) is 0 Å². The quantitative estimate of drug-likeness (QED) is 0.897. The summed E-state index contributed by atoms with van der Waals surface area (Å²) in [5.41, 5.74) is 2.60. The largest absolute Gasteiger partial charge is 0.496 e. The van der Waals surface area contributed by atoms with E-state index in [1.807, 2.05) is 24.3 Å². The molecule has 0 spiro atoms. The second-order valence-electron chi connectivity index (χ2n) is 3.81. The zero-order valence-electron chi connectivity index (χ0n) is 10.4. The van der Waals surface area contributed by atoms with Crippen LogP contribution in [0.5, 0.6) is 11.5 Å². The van der Waals surface area contributed by atoms with Crippen molar-refractivity contribution < 1.29 is 14.6 Å². The molecule has 0 amide bonds. The first-order valence-corrected chi connectivity index (χ1v) is 5.55. The van der Waals surface area contributed by atoms with Crippen molar-refractivity contribution in [1.29, 1.82) is 0 Å². The van der Waals surface area contributed by atoms with E-state index in [-0.39, 0.29) is 6.61 Å². The SMILES string of the molecule is COc1cncc(-c2cc(CO)ccc2OC)c1. The summed E-state index contributed by atoms with van der Waals surface area (Å²) in [6.07, 6.45) is 3.38. The summed E-state index contributed by atoms with van der Waals surface area (Å²) < 4.78 is 10.5. The maximum Gasteiger partial charge on any atom is 0.137 e. The summed E-state index contributed by atoms with van der Waals surface area (Å²) in [6, 6.07) is 7.43. The van der Waals surface area contributed by atoms with Gasteiger partial charge in [-0.1, -0.05) is 6.07 Å². The molecule has 4 heteroatoms. The summed E-state index contributed by atoms with van der Waals surface area (Å²) in [5, 5.41) is 9.19. The highest BCUT2D eigenvalue weighted by molar-refractivity contribution is 5.71. The van der Waals surface area contributed by atoms with Crippen molar-refractivity contribution in [3.05, 3.63) is 42.2 Å². The van der Waals surface area contributed by atoms with Gasteiger partial charge in [0.15, 0.2) is 0 Å². The molecule has 94 valence electrons. The van der Waals surface area contributed by atoms with Gasteiger partial charge in [0.05, 0.1) is 27.0 Å². The molecule has 0 aliphatic rings. The number of methoxy groups -OCH3 is 2. The zero-order chi connectivity index (χ0) is 13.0. The Labute approximate surface area is 106 Å². The minimum atomic E-state index is -0.00556. The predicted octanol–water partition coefficient (Wildman–Crippen LogP) is 2.26. The first kappa shape index (κ1) is 12.4. The Balaban J connectivity index is 2.53. The molecule has 0 unspecified atom stereocenters. The standard InChI is InChI=1S/C14H15NO3/c1-17-12-6-11(7-15-8-12)13-5-10(9-16)3-4-14(13)18-2/h3-8,16H,9H2,1-2H3. The molecule has 1 aromatic heterocycles. The first-order chi connectivity index (χ1) is 8.78. The lowest BCUT2D eigenvalue weighted by Gasteiger charge is -2.10. The van der Waals surface area contributed by atoms with Crippen molar-refractivity contribution in [1.82, 2.24) is 4.98 Å². The lowest BCUT2D eigenvalue weighted by Crippen LogP contribution is -1.92. The Bertz CT molecular complexity index is 540. The fourth-order valence-corrected chi connectivity index (χ4v) is 1.76. The maximum absolute atomic E-state index is 9.19. The summed E-state index contributed by atoms with van der Waals surface area (Å²) >= 11 is 0. The van der Waals surface area contributed by atoms with Gasteiger partial charge < -0.3 is 14.6 Å². The lowest BCUT2D eigenvalue weighted by molar-refractivity contribution is 0.281. The predicted molar refractivity (Wildman–Crippen MR) is 68.7 cm³/mol. The van der Waals surface area contributed by atoms with E-state index in [1.54, 1.807) is 26.6 Å². The Morgan fingerprint density at radius 1 is 1.11 bits per heavy atom. The summed E-state index contributed by atoms with van der Waals surface area (Å²) in [5.74, 6) is 1.42. The highest BCUT2D eigenvalue weighted by atomic mass is 16.5. The van der Waals surface area contributed by atoms with Crippen LogP contribution >= 0.6 is 0 Å². The van der Waals surface area contributed by atoms with E-state index in [1.165, 1.54) is 0 Å². The highest BCUT2D eigenvalue weighted by Gasteiger charge is 2.08. The molecular weight excluding hydrogens is 230 g/mol. The van der Waals surface area contributed by atoms with E-state index in [9.17, 15) is 5.11 Å². The minimum absolute atomic E-state index is 0.00556. The zero-order valence-corrected chi connectivity index (χ0v) is 10.4. The van der Waals surface area contributed by atoms with Crippen LogP contribution in [-0.4, -0.2) is 24.3 Å². The van der Waals surface area contributed by atoms with E-state index in [0.717, 1.165) is 22.4 Å². The van der Waals surface area contributed by atoms with Gasteiger partial charge in [-0.25, -0.2) is 0 Å². The Morgan fingerprint density at radius 3 is 2.61 bits per heavy atom. The van der Waals surface area contributed by atoms with Crippen molar-refractivity contribution in [3.8, 4) is 22.6 Å². The van der Waals surface area contributed by atoms with Gasteiger partial charge >= 0.3 is 0 Å². The fourth-order valence-electron chi connectivity index (χ4n) is 1.76. The van der Waals surface area contributed by atoms with Crippen molar-refractivity contribution in [2.45, 2.75) is 6.61 Å². The molecule has 1 heterocycles. The van der Waals surface area contributed by atoms with Crippen LogP contribution in [0.1, 0.15) is 5.56 Å². The molecule has 18 heavy (non-hydrogen) atoms. The average molecular weight is 245 g/mol. The molecule has 0 bridgehead atoms. The van der Waals surface area contributed by atoms with Crippen LogP contribution in [0.2, 0.25) is 0 Å². The van der Waals surface area contributed by atoms with Crippen LogP contribution in [0.25, 0.3) is 11.1 Å². The van der Waals surface area contributed by atoms with E-state index >= 15 is 0 Å². The number of benzene rings is 1. The van der Waals surface area contributed by atoms with Crippen LogP contribution in [0, 0.1) is 0 Å². The number of aliphatic hydroxyl groups is 1. The number of nitrogens with zero attached hydrogens (tertiary/aromatic N) is 1. The van der Waals surface area contributed by atoms with Gasteiger partial charge in [0.2, 0.25) is 0 Å². The molecule has 0 aliphatic heterocycles. The molecule has 0 atom stereocenters. The van der Waals surface area contributed by atoms with Gasteiger partial charge in [-0.05, 0) is 23.8 Å². The number of ether oxygens (including phenoxy) is 2. The van der Waals surface area contributed by atoms with E-state index in [4.69, 9.17) is 9.47 Å². The summed E-state index contributed by atoms with van der Waals surface area (Å²) in [6.45, 7) is -0.00556. The van der Waals surface area contributed by atoms with Crippen LogP contribution in [0.4, 0.5) is 0 Å². The van der Waals surface area contributed by atoms with Crippen molar-refractivity contribution in [3.63, 3.8) is 0 Å².